The standard InChI is InChI=1S/C23H31N3O2S/c1-13-24-20(22(28)26-15-4-5-16(26)11-17(27)10-15)18-12-19(29-21(18)25-13)14-6-8-23(2,3)9-7-14/h12,14-17,27H,4-11H2,1-3H3/t15-,16+,17+. The molecule has 0 aromatic carbocycles. The summed E-state index contributed by atoms with van der Waals surface area (Å²) in [5.41, 5.74) is 1.02. The average molecular weight is 414 g/mol. The van der Waals surface area contributed by atoms with Crippen LogP contribution in [0.2, 0.25) is 0 Å². The molecule has 0 radical (unpaired) electrons. The molecule has 2 aliphatic heterocycles. The number of rotatable bonds is 2. The lowest BCUT2D eigenvalue weighted by atomic mass is 9.73. The van der Waals surface area contributed by atoms with E-state index in [0.717, 1.165) is 23.1 Å². The molecule has 3 atom stereocenters. The number of nitrogens with zero attached hydrogens (tertiary/aromatic N) is 3. The van der Waals surface area contributed by atoms with Gasteiger partial charge in [-0.15, -0.1) is 11.3 Å². The number of amides is 1. The monoisotopic (exact) mass is 413 g/mol. The maximum Gasteiger partial charge on any atom is 0.273 e. The molecule has 3 aliphatic rings. The molecular weight excluding hydrogens is 382 g/mol. The average Bonchev–Trinajstić information content (AvgIpc) is 3.19. The highest BCUT2D eigenvalue weighted by Gasteiger charge is 2.44. The molecule has 2 aromatic rings. The van der Waals surface area contributed by atoms with E-state index < -0.39 is 0 Å². The van der Waals surface area contributed by atoms with Gasteiger partial charge in [-0.2, -0.15) is 0 Å². The maximum absolute atomic E-state index is 13.6. The van der Waals surface area contributed by atoms with Crippen LogP contribution in [-0.4, -0.2) is 44.1 Å². The zero-order valence-corrected chi connectivity index (χ0v) is 18.5. The van der Waals surface area contributed by atoms with Gasteiger partial charge >= 0.3 is 0 Å². The Morgan fingerprint density at radius 2 is 1.79 bits per heavy atom. The third-order valence-electron chi connectivity index (χ3n) is 7.41. The van der Waals surface area contributed by atoms with Crippen LogP contribution in [-0.2, 0) is 0 Å². The van der Waals surface area contributed by atoms with Crippen molar-refractivity contribution in [2.24, 2.45) is 5.41 Å². The van der Waals surface area contributed by atoms with Crippen molar-refractivity contribution in [1.29, 1.82) is 0 Å². The zero-order valence-electron chi connectivity index (χ0n) is 17.6. The topological polar surface area (TPSA) is 66.3 Å². The van der Waals surface area contributed by atoms with Crippen LogP contribution < -0.4 is 0 Å². The smallest absolute Gasteiger partial charge is 0.273 e. The van der Waals surface area contributed by atoms with E-state index in [1.807, 2.05) is 11.8 Å². The summed E-state index contributed by atoms with van der Waals surface area (Å²) in [6.45, 7) is 6.61. The number of carbonyl (C=O) groups excluding carboxylic acids is 1. The van der Waals surface area contributed by atoms with Crippen molar-refractivity contribution in [2.75, 3.05) is 0 Å². The van der Waals surface area contributed by atoms with Crippen LogP contribution in [0.25, 0.3) is 10.2 Å². The van der Waals surface area contributed by atoms with Gasteiger partial charge in [0.15, 0.2) is 0 Å². The molecule has 6 heteroatoms. The Labute approximate surface area is 176 Å². The Morgan fingerprint density at radius 3 is 2.45 bits per heavy atom. The zero-order chi connectivity index (χ0) is 20.3. The number of thiophene rings is 1. The summed E-state index contributed by atoms with van der Waals surface area (Å²) >= 11 is 1.75. The molecule has 4 heterocycles. The van der Waals surface area contributed by atoms with Crippen molar-refractivity contribution in [3.05, 3.63) is 22.5 Å². The number of aryl methyl sites for hydroxylation is 1. The van der Waals surface area contributed by atoms with Crippen molar-refractivity contribution >= 4 is 27.5 Å². The van der Waals surface area contributed by atoms with Crippen molar-refractivity contribution in [3.63, 3.8) is 0 Å². The van der Waals surface area contributed by atoms with Gasteiger partial charge in [0.25, 0.3) is 5.91 Å². The van der Waals surface area contributed by atoms with E-state index >= 15 is 0 Å². The second kappa shape index (κ2) is 7.02. The van der Waals surface area contributed by atoms with Crippen molar-refractivity contribution < 1.29 is 9.90 Å². The first kappa shape index (κ1) is 19.4. The Hall–Kier alpha value is -1.53. The van der Waals surface area contributed by atoms with Crippen LogP contribution in [0.15, 0.2) is 6.07 Å². The summed E-state index contributed by atoms with van der Waals surface area (Å²) in [5, 5.41) is 11.0. The molecule has 2 aromatic heterocycles. The third-order valence-corrected chi connectivity index (χ3v) is 8.60. The SMILES string of the molecule is Cc1nc(C(=O)N2[C@@H]3CC[C@H]2C[C@@H](O)C3)c2cc(C3CCC(C)(C)CC3)sc2n1. The lowest BCUT2D eigenvalue weighted by Crippen LogP contribution is -2.48. The number of carbonyl (C=O) groups is 1. The fraction of sp³-hybridized carbons (Fsp3) is 0.696. The predicted molar refractivity (Wildman–Crippen MR) is 115 cm³/mol. The molecule has 1 saturated carbocycles. The van der Waals surface area contributed by atoms with Gasteiger partial charge < -0.3 is 10.0 Å². The van der Waals surface area contributed by atoms with Crippen LogP contribution in [0.5, 0.6) is 0 Å². The predicted octanol–water partition coefficient (Wildman–Crippen LogP) is 4.81. The Kier molecular flexibility index (Phi) is 4.70. The number of hydrogen-bond donors (Lipinski definition) is 1. The molecule has 0 spiro atoms. The lowest BCUT2D eigenvalue weighted by Gasteiger charge is -2.37. The molecule has 29 heavy (non-hydrogen) atoms. The van der Waals surface area contributed by atoms with Gasteiger partial charge in [0.2, 0.25) is 0 Å². The normalized spacial score (nSPS) is 29.5. The van der Waals surface area contributed by atoms with E-state index in [1.54, 1.807) is 11.3 Å². The van der Waals surface area contributed by atoms with Gasteiger partial charge in [0, 0.05) is 22.3 Å². The fourth-order valence-corrected chi connectivity index (χ4v) is 6.94. The molecule has 0 unspecified atom stereocenters. The van der Waals surface area contributed by atoms with Crippen molar-refractivity contribution in [3.8, 4) is 0 Å². The van der Waals surface area contributed by atoms with Crippen LogP contribution >= 0.6 is 11.3 Å². The highest BCUT2D eigenvalue weighted by atomic mass is 32.1. The van der Waals surface area contributed by atoms with Crippen LogP contribution in [0.1, 0.15) is 92.3 Å². The number of aliphatic hydroxyl groups excluding tert-OH is 1. The van der Waals surface area contributed by atoms with Crippen LogP contribution in [0.3, 0.4) is 0 Å². The molecule has 5 nitrogen and oxygen atoms in total. The molecule has 156 valence electrons. The summed E-state index contributed by atoms with van der Waals surface area (Å²) < 4.78 is 0. The highest BCUT2D eigenvalue weighted by molar-refractivity contribution is 7.18. The van der Waals surface area contributed by atoms with E-state index in [1.165, 1.54) is 30.6 Å². The summed E-state index contributed by atoms with van der Waals surface area (Å²) in [7, 11) is 0. The molecule has 1 amide bonds. The summed E-state index contributed by atoms with van der Waals surface area (Å²) in [5.74, 6) is 1.28. The summed E-state index contributed by atoms with van der Waals surface area (Å²) in [6.07, 6.45) is 8.04. The second-order valence-electron chi connectivity index (χ2n) is 10.1. The minimum atomic E-state index is -0.271. The van der Waals surface area contributed by atoms with Gasteiger partial charge in [-0.3, -0.25) is 4.79 Å². The van der Waals surface area contributed by atoms with Gasteiger partial charge in [0.1, 0.15) is 16.3 Å². The first-order valence-corrected chi connectivity index (χ1v) is 11.9. The number of aromatic nitrogens is 2. The summed E-state index contributed by atoms with van der Waals surface area (Å²) in [6, 6.07) is 2.51. The quantitative estimate of drug-likeness (QED) is 0.767. The first-order valence-electron chi connectivity index (χ1n) is 11.1. The van der Waals surface area contributed by atoms with E-state index in [4.69, 9.17) is 0 Å². The van der Waals surface area contributed by atoms with Gasteiger partial charge in [-0.05, 0) is 75.7 Å². The van der Waals surface area contributed by atoms with Gasteiger partial charge in [0.05, 0.1) is 6.10 Å². The fourth-order valence-electron chi connectivity index (χ4n) is 5.70. The van der Waals surface area contributed by atoms with E-state index in [-0.39, 0.29) is 24.1 Å². The Balaban J connectivity index is 1.48. The third kappa shape index (κ3) is 3.48. The number of fused-ring (bicyclic) bond motifs is 3. The second-order valence-corrected chi connectivity index (χ2v) is 11.2. The molecule has 5 rings (SSSR count). The molecular formula is C23H31N3O2S. The van der Waals surface area contributed by atoms with Gasteiger partial charge in [-0.1, -0.05) is 13.8 Å². The van der Waals surface area contributed by atoms with Crippen molar-refractivity contribution in [1.82, 2.24) is 14.9 Å². The minimum Gasteiger partial charge on any atom is -0.393 e. The highest BCUT2D eigenvalue weighted by Crippen LogP contribution is 2.45. The summed E-state index contributed by atoms with van der Waals surface area (Å²) in [4.78, 5) is 27.2. The lowest BCUT2D eigenvalue weighted by molar-refractivity contribution is 0.0284. The van der Waals surface area contributed by atoms with Crippen molar-refractivity contribution in [2.45, 2.75) is 96.2 Å². The molecule has 2 bridgehead atoms. The Bertz CT molecular complexity index is 929. The number of hydrogen-bond acceptors (Lipinski definition) is 5. The van der Waals surface area contributed by atoms with E-state index in [9.17, 15) is 9.90 Å². The molecule has 1 N–H and O–H groups in total. The molecule has 2 saturated heterocycles. The number of piperidine rings is 1. The van der Waals surface area contributed by atoms with Crippen LogP contribution in [0, 0.1) is 12.3 Å². The largest absolute Gasteiger partial charge is 0.393 e. The van der Waals surface area contributed by atoms with Crippen LogP contribution in [0.4, 0.5) is 0 Å². The maximum atomic E-state index is 13.6. The van der Waals surface area contributed by atoms with Gasteiger partial charge in [-0.25, -0.2) is 9.97 Å². The molecule has 3 fully saturated rings. The van der Waals surface area contributed by atoms with E-state index in [0.29, 0.717) is 35.7 Å². The molecule has 1 aliphatic carbocycles. The first-order chi connectivity index (χ1) is 13.8. The minimum absolute atomic E-state index is 0.0361. The number of aliphatic hydroxyl groups is 1. The van der Waals surface area contributed by atoms with E-state index in [2.05, 4.69) is 29.9 Å². The Morgan fingerprint density at radius 1 is 1.14 bits per heavy atom.